The molecule has 0 spiro atoms. The van der Waals surface area contributed by atoms with Crippen LogP contribution in [0.4, 0.5) is 15.8 Å². The van der Waals surface area contributed by atoms with E-state index in [4.69, 9.17) is 11.6 Å². The van der Waals surface area contributed by atoms with Crippen molar-refractivity contribution in [1.29, 1.82) is 0 Å². The molecular weight excluding hydrogens is 427 g/mol. The zero-order valence-corrected chi connectivity index (χ0v) is 18.7. The first-order valence-corrected chi connectivity index (χ1v) is 10.7. The van der Waals surface area contributed by atoms with Crippen molar-refractivity contribution < 1.29 is 14.0 Å². The van der Waals surface area contributed by atoms with E-state index >= 15 is 0 Å². The fourth-order valence-electron chi connectivity index (χ4n) is 3.67. The van der Waals surface area contributed by atoms with Crippen molar-refractivity contribution in [2.24, 2.45) is 0 Å². The molecule has 0 aromatic heterocycles. The molecule has 0 atom stereocenters. The van der Waals surface area contributed by atoms with Crippen LogP contribution in [-0.4, -0.2) is 11.8 Å². The molecule has 3 aromatic carbocycles. The number of rotatable bonds is 5. The smallest absolute Gasteiger partial charge is 0.282 e. The zero-order chi connectivity index (χ0) is 23.0. The lowest BCUT2D eigenvalue weighted by molar-refractivity contribution is -0.120. The van der Waals surface area contributed by atoms with Gasteiger partial charge in [0.1, 0.15) is 11.5 Å². The maximum Gasteiger partial charge on any atom is 0.282 e. The predicted octanol–water partition coefficient (Wildman–Crippen LogP) is 6.31. The fourth-order valence-corrected chi connectivity index (χ4v) is 3.90. The van der Waals surface area contributed by atoms with Crippen LogP contribution in [0, 0.1) is 12.7 Å². The molecule has 2 amide bonds. The number of benzene rings is 3. The van der Waals surface area contributed by atoms with E-state index in [-0.39, 0.29) is 11.3 Å². The minimum atomic E-state index is -0.471. The van der Waals surface area contributed by atoms with Gasteiger partial charge in [-0.25, -0.2) is 9.29 Å². The van der Waals surface area contributed by atoms with Crippen molar-refractivity contribution in [3.8, 4) is 0 Å². The minimum Gasteiger partial charge on any atom is -0.350 e. The van der Waals surface area contributed by atoms with E-state index in [0.717, 1.165) is 16.0 Å². The Balaban J connectivity index is 1.80. The van der Waals surface area contributed by atoms with E-state index in [9.17, 15) is 14.0 Å². The van der Waals surface area contributed by atoms with E-state index in [2.05, 4.69) is 19.2 Å². The van der Waals surface area contributed by atoms with E-state index in [1.54, 1.807) is 30.3 Å². The molecule has 1 aliphatic rings. The summed E-state index contributed by atoms with van der Waals surface area (Å²) in [5.41, 5.74) is 3.85. The zero-order valence-electron chi connectivity index (χ0n) is 17.9. The van der Waals surface area contributed by atoms with Gasteiger partial charge >= 0.3 is 0 Å². The summed E-state index contributed by atoms with van der Waals surface area (Å²) >= 11 is 6.06. The Labute approximate surface area is 191 Å². The topological polar surface area (TPSA) is 49.4 Å². The summed E-state index contributed by atoms with van der Waals surface area (Å²) < 4.78 is 13.5. The van der Waals surface area contributed by atoms with Gasteiger partial charge in [0.05, 0.1) is 11.3 Å². The number of halogens is 2. The predicted molar refractivity (Wildman–Crippen MR) is 126 cm³/mol. The maximum atomic E-state index is 13.5. The number of imide groups is 1. The highest BCUT2D eigenvalue weighted by molar-refractivity contribution is 6.46. The van der Waals surface area contributed by atoms with E-state index in [0.29, 0.717) is 27.9 Å². The van der Waals surface area contributed by atoms with E-state index in [1.165, 1.54) is 24.3 Å². The van der Waals surface area contributed by atoms with Crippen LogP contribution in [0.3, 0.4) is 0 Å². The van der Waals surface area contributed by atoms with Crippen LogP contribution in [-0.2, 0) is 9.59 Å². The van der Waals surface area contributed by atoms with Crippen LogP contribution in [0.2, 0.25) is 5.02 Å². The lowest BCUT2D eigenvalue weighted by Gasteiger charge is -2.17. The normalized spacial score (nSPS) is 14.0. The van der Waals surface area contributed by atoms with Gasteiger partial charge in [0, 0.05) is 10.7 Å². The summed E-state index contributed by atoms with van der Waals surface area (Å²) in [6.45, 7) is 6.01. The molecule has 0 saturated carbocycles. The van der Waals surface area contributed by atoms with Crippen molar-refractivity contribution in [2.45, 2.75) is 26.7 Å². The standard InChI is InChI=1S/C26H22ClFN2O2/c1-15(2)17-6-11-21(12-7-17)30-25(31)23(18-4-9-20(28)10-5-18)24(26(30)32)29-22-13-8-19(27)14-16(22)3/h4-15,29H,1-3H3. The van der Waals surface area contributed by atoms with Gasteiger partial charge in [-0.15, -0.1) is 0 Å². The van der Waals surface area contributed by atoms with E-state index < -0.39 is 17.6 Å². The number of carbonyl (C=O) groups excluding carboxylic acids is 2. The van der Waals surface area contributed by atoms with Crippen molar-refractivity contribution >= 4 is 40.4 Å². The molecule has 0 bridgehead atoms. The van der Waals surface area contributed by atoms with Gasteiger partial charge < -0.3 is 5.32 Å². The average Bonchev–Trinajstić information content (AvgIpc) is 3.00. The van der Waals surface area contributed by atoms with Gasteiger partial charge in [-0.2, -0.15) is 0 Å². The molecule has 0 saturated heterocycles. The first kappa shape index (κ1) is 21.8. The van der Waals surface area contributed by atoms with Gasteiger partial charge in [0.15, 0.2) is 0 Å². The second-order valence-corrected chi connectivity index (χ2v) is 8.47. The van der Waals surface area contributed by atoms with Crippen molar-refractivity contribution in [2.75, 3.05) is 10.2 Å². The van der Waals surface area contributed by atoms with Crippen molar-refractivity contribution in [3.63, 3.8) is 0 Å². The molecule has 6 heteroatoms. The maximum absolute atomic E-state index is 13.5. The molecule has 0 aliphatic carbocycles. The molecular formula is C26H22ClFN2O2. The van der Waals surface area contributed by atoms with Gasteiger partial charge in [-0.05, 0) is 72.0 Å². The van der Waals surface area contributed by atoms with Gasteiger partial charge in [-0.3, -0.25) is 9.59 Å². The highest BCUT2D eigenvalue weighted by Gasteiger charge is 2.40. The van der Waals surface area contributed by atoms with Gasteiger partial charge in [0.2, 0.25) is 0 Å². The number of hydrogen-bond acceptors (Lipinski definition) is 3. The Kier molecular flexibility index (Phi) is 5.85. The summed E-state index contributed by atoms with van der Waals surface area (Å²) in [5.74, 6) is -1.03. The molecule has 4 nitrogen and oxygen atoms in total. The molecule has 1 heterocycles. The molecule has 0 unspecified atom stereocenters. The Bertz CT molecular complexity index is 1230. The van der Waals surface area contributed by atoms with Crippen LogP contribution in [0.5, 0.6) is 0 Å². The number of anilines is 2. The van der Waals surface area contributed by atoms with Crippen LogP contribution in [0.1, 0.15) is 36.5 Å². The number of nitrogens with zero attached hydrogens (tertiary/aromatic N) is 1. The number of nitrogens with one attached hydrogen (secondary N) is 1. The summed E-state index contributed by atoms with van der Waals surface area (Å²) in [5, 5.41) is 3.70. The van der Waals surface area contributed by atoms with Crippen molar-refractivity contribution in [1.82, 2.24) is 0 Å². The number of hydrogen-bond donors (Lipinski definition) is 1. The highest BCUT2D eigenvalue weighted by atomic mass is 35.5. The number of aryl methyl sites for hydroxylation is 1. The lowest BCUT2D eigenvalue weighted by Crippen LogP contribution is -2.32. The largest absolute Gasteiger partial charge is 0.350 e. The van der Waals surface area contributed by atoms with Crippen LogP contribution >= 0.6 is 11.6 Å². The monoisotopic (exact) mass is 448 g/mol. The highest BCUT2D eigenvalue weighted by Crippen LogP contribution is 2.35. The Morgan fingerprint density at radius 1 is 0.906 bits per heavy atom. The van der Waals surface area contributed by atoms with Gasteiger partial charge in [0.25, 0.3) is 11.8 Å². The van der Waals surface area contributed by atoms with Crippen molar-refractivity contribution in [3.05, 3.63) is 100.0 Å². The molecule has 0 fully saturated rings. The Hall–Kier alpha value is -3.44. The minimum absolute atomic E-state index is 0.139. The van der Waals surface area contributed by atoms with Gasteiger partial charge in [-0.1, -0.05) is 49.7 Å². The third-order valence-electron chi connectivity index (χ3n) is 5.48. The second kappa shape index (κ2) is 8.60. The summed E-state index contributed by atoms with van der Waals surface area (Å²) in [7, 11) is 0. The molecule has 162 valence electrons. The Morgan fingerprint density at radius 3 is 2.16 bits per heavy atom. The molecule has 32 heavy (non-hydrogen) atoms. The third kappa shape index (κ3) is 4.04. The fraction of sp³-hybridized carbons (Fsp3) is 0.154. The van der Waals surface area contributed by atoms with Crippen LogP contribution in [0.25, 0.3) is 5.57 Å². The molecule has 4 rings (SSSR count). The molecule has 0 radical (unpaired) electrons. The average molecular weight is 449 g/mol. The molecule has 3 aromatic rings. The molecule has 1 N–H and O–H groups in total. The van der Waals surface area contributed by atoms with Crippen LogP contribution in [0.15, 0.2) is 72.4 Å². The lowest BCUT2D eigenvalue weighted by atomic mass is 10.0. The SMILES string of the molecule is Cc1cc(Cl)ccc1NC1=C(c2ccc(F)cc2)C(=O)N(c2ccc(C(C)C)cc2)C1=O. The first-order chi connectivity index (χ1) is 15.3. The van der Waals surface area contributed by atoms with E-state index in [1.807, 2.05) is 19.1 Å². The number of carbonyl (C=O) groups is 2. The number of amides is 2. The first-order valence-electron chi connectivity index (χ1n) is 10.3. The molecule has 1 aliphatic heterocycles. The Morgan fingerprint density at radius 2 is 1.56 bits per heavy atom. The third-order valence-corrected chi connectivity index (χ3v) is 5.72. The van der Waals surface area contributed by atoms with Crippen LogP contribution < -0.4 is 10.2 Å². The quantitative estimate of drug-likeness (QED) is 0.465. The summed E-state index contributed by atoms with van der Waals surface area (Å²) in [6.07, 6.45) is 0. The second-order valence-electron chi connectivity index (χ2n) is 8.03. The summed E-state index contributed by atoms with van der Waals surface area (Å²) in [4.78, 5) is 28.1. The summed E-state index contributed by atoms with van der Waals surface area (Å²) in [6, 6.07) is 18.1.